The van der Waals surface area contributed by atoms with Crippen LogP contribution in [-0.2, 0) is 24.2 Å². The topological polar surface area (TPSA) is 49.3 Å². The molecule has 0 amide bonds. The Morgan fingerprint density at radius 1 is 1.25 bits per heavy atom. The van der Waals surface area contributed by atoms with Gasteiger partial charge in [0, 0.05) is 17.5 Å². The van der Waals surface area contributed by atoms with Gasteiger partial charge in [0.15, 0.2) is 0 Å². The van der Waals surface area contributed by atoms with Crippen LogP contribution in [0.4, 0.5) is 0 Å². The largest absolute Gasteiger partial charge is 0.481 e. The fraction of sp³-hybridized carbons (Fsp3) is 0.312. The van der Waals surface area contributed by atoms with Crippen LogP contribution in [0.1, 0.15) is 22.9 Å². The number of aliphatic carboxylic acids is 1. The van der Waals surface area contributed by atoms with Crippen molar-refractivity contribution in [1.82, 2.24) is 5.32 Å². The Morgan fingerprint density at radius 2 is 2.00 bits per heavy atom. The fourth-order valence-corrected chi connectivity index (χ4v) is 2.99. The average Bonchev–Trinajstić information content (AvgIpc) is 2.90. The van der Waals surface area contributed by atoms with Crippen molar-refractivity contribution in [2.24, 2.45) is 0 Å². The monoisotopic (exact) mass is 289 g/mol. The minimum Gasteiger partial charge on any atom is -0.481 e. The molecule has 1 unspecified atom stereocenters. The van der Waals surface area contributed by atoms with E-state index in [0.29, 0.717) is 12.6 Å². The number of hydrogen-bond donors (Lipinski definition) is 2. The molecule has 0 saturated heterocycles. The fourth-order valence-electron chi connectivity index (χ4n) is 2.15. The van der Waals surface area contributed by atoms with E-state index in [0.717, 1.165) is 17.5 Å². The smallest absolute Gasteiger partial charge is 0.307 e. The summed E-state index contributed by atoms with van der Waals surface area (Å²) in [5, 5.41) is 14.5. The van der Waals surface area contributed by atoms with E-state index in [-0.39, 0.29) is 6.42 Å². The molecule has 0 aliphatic rings. The summed E-state index contributed by atoms with van der Waals surface area (Å²) in [5.74, 6) is -0.788. The van der Waals surface area contributed by atoms with Crippen molar-refractivity contribution >= 4 is 17.3 Å². The maximum absolute atomic E-state index is 10.9. The van der Waals surface area contributed by atoms with E-state index in [9.17, 15) is 4.79 Å². The SMILES string of the molecule is CC(Cc1cccs1)NCc1ccccc1CC(=O)O. The van der Waals surface area contributed by atoms with Gasteiger partial charge in [0.25, 0.3) is 0 Å². The number of thiophene rings is 1. The number of benzene rings is 1. The molecule has 106 valence electrons. The first-order valence-corrected chi connectivity index (χ1v) is 7.57. The maximum Gasteiger partial charge on any atom is 0.307 e. The zero-order valence-electron chi connectivity index (χ0n) is 11.5. The van der Waals surface area contributed by atoms with Gasteiger partial charge in [-0.3, -0.25) is 4.79 Å². The van der Waals surface area contributed by atoms with Crippen LogP contribution in [0, 0.1) is 0 Å². The van der Waals surface area contributed by atoms with Crippen LogP contribution in [0.25, 0.3) is 0 Å². The number of carboxylic acid groups (broad SMARTS) is 1. The predicted octanol–water partition coefficient (Wildman–Crippen LogP) is 3.10. The second-order valence-electron chi connectivity index (χ2n) is 4.90. The van der Waals surface area contributed by atoms with Gasteiger partial charge in [0.1, 0.15) is 0 Å². The van der Waals surface area contributed by atoms with Crippen LogP contribution in [0.3, 0.4) is 0 Å². The van der Waals surface area contributed by atoms with Crippen molar-refractivity contribution in [3.63, 3.8) is 0 Å². The molecule has 2 aromatic rings. The minimum atomic E-state index is -0.788. The van der Waals surface area contributed by atoms with Crippen molar-refractivity contribution in [3.8, 4) is 0 Å². The number of nitrogens with one attached hydrogen (secondary N) is 1. The summed E-state index contributed by atoms with van der Waals surface area (Å²) in [5.41, 5.74) is 1.95. The Morgan fingerprint density at radius 3 is 2.65 bits per heavy atom. The number of rotatable bonds is 7. The van der Waals surface area contributed by atoms with Crippen LogP contribution in [0.5, 0.6) is 0 Å². The summed E-state index contributed by atoms with van der Waals surface area (Å²) in [6, 6.07) is 12.3. The Labute approximate surface area is 123 Å². The highest BCUT2D eigenvalue weighted by atomic mass is 32.1. The third-order valence-corrected chi connectivity index (χ3v) is 4.09. The number of carboxylic acids is 1. The first-order chi connectivity index (χ1) is 9.65. The molecule has 0 aliphatic carbocycles. The standard InChI is InChI=1S/C16H19NO2S/c1-12(9-15-7-4-8-20-15)17-11-14-6-3-2-5-13(14)10-16(18)19/h2-8,12,17H,9-11H2,1H3,(H,18,19). The van der Waals surface area contributed by atoms with Crippen LogP contribution in [0.2, 0.25) is 0 Å². The van der Waals surface area contributed by atoms with Gasteiger partial charge in [-0.25, -0.2) is 0 Å². The quantitative estimate of drug-likeness (QED) is 0.823. The second kappa shape index (κ2) is 7.22. The number of carbonyl (C=O) groups is 1. The Kier molecular flexibility index (Phi) is 5.32. The van der Waals surface area contributed by atoms with Crippen molar-refractivity contribution in [1.29, 1.82) is 0 Å². The summed E-state index contributed by atoms with van der Waals surface area (Å²) >= 11 is 1.77. The van der Waals surface area contributed by atoms with Gasteiger partial charge in [-0.15, -0.1) is 11.3 Å². The molecule has 1 atom stereocenters. The lowest BCUT2D eigenvalue weighted by Gasteiger charge is -2.14. The molecule has 0 fully saturated rings. The molecular weight excluding hydrogens is 270 g/mol. The Bertz CT molecular complexity index is 551. The van der Waals surface area contributed by atoms with Crippen molar-refractivity contribution in [2.45, 2.75) is 32.4 Å². The zero-order chi connectivity index (χ0) is 14.4. The maximum atomic E-state index is 10.9. The third kappa shape index (κ3) is 4.47. The molecule has 4 heteroatoms. The van der Waals surface area contributed by atoms with Crippen LogP contribution < -0.4 is 5.32 Å². The lowest BCUT2D eigenvalue weighted by Crippen LogP contribution is -2.27. The van der Waals surface area contributed by atoms with Gasteiger partial charge in [-0.1, -0.05) is 30.3 Å². The molecule has 0 bridgehead atoms. The molecule has 2 N–H and O–H groups in total. The molecular formula is C16H19NO2S. The molecule has 0 spiro atoms. The van der Waals surface area contributed by atoms with Crippen molar-refractivity contribution in [3.05, 3.63) is 57.8 Å². The predicted molar refractivity (Wildman–Crippen MR) is 82.1 cm³/mol. The van der Waals surface area contributed by atoms with Crippen molar-refractivity contribution in [2.75, 3.05) is 0 Å². The highest BCUT2D eigenvalue weighted by Gasteiger charge is 2.08. The average molecular weight is 289 g/mol. The Hall–Kier alpha value is -1.65. The van der Waals surface area contributed by atoms with Gasteiger partial charge in [-0.05, 0) is 35.9 Å². The summed E-state index contributed by atoms with van der Waals surface area (Å²) < 4.78 is 0. The molecule has 0 aliphatic heterocycles. The van der Waals surface area contributed by atoms with E-state index in [4.69, 9.17) is 5.11 Å². The summed E-state index contributed by atoms with van der Waals surface area (Å²) in [6.07, 6.45) is 1.08. The molecule has 20 heavy (non-hydrogen) atoms. The first-order valence-electron chi connectivity index (χ1n) is 6.69. The second-order valence-corrected chi connectivity index (χ2v) is 5.94. The van der Waals surface area contributed by atoms with Crippen LogP contribution in [-0.4, -0.2) is 17.1 Å². The van der Waals surface area contributed by atoms with E-state index >= 15 is 0 Å². The highest BCUT2D eigenvalue weighted by Crippen LogP contribution is 2.13. The van der Waals surface area contributed by atoms with E-state index in [1.54, 1.807) is 11.3 Å². The van der Waals surface area contributed by atoms with Gasteiger partial charge in [0.2, 0.25) is 0 Å². The summed E-state index contributed by atoms with van der Waals surface area (Å²) in [4.78, 5) is 12.2. The van der Waals surface area contributed by atoms with E-state index in [1.807, 2.05) is 24.3 Å². The third-order valence-electron chi connectivity index (χ3n) is 3.19. The van der Waals surface area contributed by atoms with Gasteiger partial charge in [0.05, 0.1) is 6.42 Å². The van der Waals surface area contributed by atoms with E-state index < -0.39 is 5.97 Å². The van der Waals surface area contributed by atoms with Crippen LogP contribution >= 0.6 is 11.3 Å². The van der Waals surface area contributed by atoms with Crippen LogP contribution in [0.15, 0.2) is 41.8 Å². The van der Waals surface area contributed by atoms with Gasteiger partial charge >= 0.3 is 5.97 Å². The lowest BCUT2D eigenvalue weighted by molar-refractivity contribution is -0.136. The number of hydrogen-bond acceptors (Lipinski definition) is 3. The van der Waals surface area contributed by atoms with E-state index in [1.165, 1.54) is 4.88 Å². The van der Waals surface area contributed by atoms with Gasteiger partial charge < -0.3 is 10.4 Å². The Balaban J connectivity index is 1.91. The highest BCUT2D eigenvalue weighted by molar-refractivity contribution is 7.09. The molecule has 0 saturated carbocycles. The molecule has 1 aromatic heterocycles. The molecule has 1 heterocycles. The summed E-state index contributed by atoms with van der Waals surface area (Å²) in [7, 11) is 0. The minimum absolute atomic E-state index is 0.0805. The zero-order valence-corrected chi connectivity index (χ0v) is 12.3. The normalized spacial score (nSPS) is 12.2. The molecule has 1 aromatic carbocycles. The van der Waals surface area contributed by atoms with Crippen molar-refractivity contribution < 1.29 is 9.90 Å². The summed E-state index contributed by atoms with van der Waals surface area (Å²) in [6.45, 7) is 2.86. The van der Waals surface area contributed by atoms with Gasteiger partial charge in [-0.2, -0.15) is 0 Å². The first kappa shape index (κ1) is 14.8. The molecule has 2 rings (SSSR count). The molecule has 0 radical (unpaired) electrons. The molecule has 3 nitrogen and oxygen atoms in total. The van der Waals surface area contributed by atoms with E-state index in [2.05, 4.69) is 29.8 Å². The lowest BCUT2D eigenvalue weighted by atomic mass is 10.0.